The van der Waals surface area contributed by atoms with Crippen LogP contribution in [-0.4, -0.2) is 61.6 Å². The lowest BCUT2D eigenvalue weighted by Crippen LogP contribution is -2.65. The van der Waals surface area contributed by atoms with Crippen LogP contribution < -0.4 is 5.32 Å². The van der Waals surface area contributed by atoms with Gasteiger partial charge in [-0.3, -0.25) is 4.90 Å². The third-order valence-corrected chi connectivity index (χ3v) is 5.26. The van der Waals surface area contributed by atoms with Gasteiger partial charge < -0.3 is 19.9 Å². The van der Waals surface area contributed by atoms with Gasteiger partial charge in [0.2, 0.25) is 0 Å². The highest BCUT2D eigenvalue weighted by Gasteiger charge is 2.39. The van der Waals surface area contributed by atoms with Crippen molar-refractivity contribution in [3.05, 3.63) is 34.9 Å². The fraction of sp³-hybridized carbons (Fsp3) is 0.667. The second-order valence-corrected chi connectivity index (χ2v) is 6.87. The third kappa shape index (κ3) is 3.59. The zero-order valence-electron chi connectivity index (χ0n) is 14.2. The summed E-state index contributed by atoms with van der Waals surface area (Å²) in [6, 6.07) is 6.95. The predicted octanol–water partition coefficient (Wildman–Crippen LogP) is 0.930. The Bertz CT molecular complexity index is 537. The van der Waals surface area contributed by atoms with Crippen LogP contribution in [0.4, 0.5) is 0 Å². The van der Waals surface area contributed by atoms with Gasteiger partial charge in [-0.2, -0.15) is 0 Å². The first-order valence-electron chi connectivity index (χ1n) is 8.45. The second-order valence-electron chi connectivity index (χ2n) is 6.87. The van der Waals surface area contributed by atoms with E-state index in [1.54, 1.807) is 0 Å². The molecule has 0 unspecified atom stereocenters. The van der Waals surface area contributed by atoms with E-state index in [0.717, 1.165) is 32.8 Å². The summed E-state index contributed by atoms with van der Waals surface area (Å²) >= 11 is 0. The number of nitrogens with zero attached hydrogens (tertiary/aromatic N) is 1. The molecule has 128 valence electrons. The number of rotatable bonds is 5. The predicted molar refractivity (Wildman–Crippen MR) is 89.4 cm³/mol. The molecule has 0 bridgehead atoms. The van der Waals surface area contributed by atoms with Gasteiger partial charge in [-0.25, -0.2) is 0 Å². The van der Waals surface area contributed by atoms with E-state index in [1.165, 1.54) is 16.7 Å². The number of benzene rings is 1. The average molecular weight is 320 g/mol. The molecule has 5 heteroatoms. The molecule has 0 amide bonds. The topological polar surface area (TPSA) is 54.0 Å². The van der Waals surface area contributed by atoms with E-state index >= 15 is 0 Å². The Kier molecular flexibility index (Phi) is 5.34. The fourth-order valence-corrected chi connectivity index (χ4v) is 3.46. The van der Waals surface area contributed by atoms with Crippen molar-refractivity contribution in [1.82, 2.24) is 10.2 Å². The van der Waals surface area contributed by atoms with Gasteiger partial charge in [0, 0.05) is 19.1 Å². The van der Waals surface area contributed by atoms with Gasteiger partial charge in [-0.15, -0.1) is 0 Å². The van der Waals surface area contributed by atoms with Crippen LogP contribution in [0.1, 0.15) is 23.6 Å². The molecular formula is C18H28N2O3. The molecule has 0 spiro atoms. The molecule has 5 nitrogen and oxygen atoms in total. The SMILES string of the molecule is C[C@@H]1COC[C@@](CO)(CNCc2ccc3c(c2)COCC3)N1C. The Hall–Kier alpha value is -0.980. The third-order valence-electron chi connectivity index (χ3n) is 5.26. The van der Waals surface area contributed by atoms with Gasteiger partial charge in [0.15, 0.2) is 0 Å². The van der Waals surface area contributed by atoms with Crippen molar-refractivity contribution in [2.75, 3.05) is 40.0 Å². The van der Waals surface area contributed by atoms with Crippen molar-refractivity contribution in [2.45, 2.75) is 38.1 Å². The average Bonchev–Trinajstić information content (AvgIpc) is 2.58. The fourth-order valence-electron chi connectivity index (χ4n) is 3.46. The highest BCUT2D eigenvalue weighted by atomic mass is 16.5. The lowest BCUT2D eigenvalue weighted by atomic mass is 9.95. The van der Waals surface area contributed by atoms with Crippen LogP contribution in [0.3, 0.4) is 0 Å². The maximum Gasteiger partial charge on any atom is 0.0802 e. The quantitative estimate of drug-likeness (QED) is 0.845. The van der Waals surface area contributed by atoms with Crippen molar-refractivity contribution in [3.8, 4) is 0 Å². The Labute approximate surface area is 138 Å². The summed E-state index contributed by atoms with van der Waals surface area (Å²) < 4.78 is 11.2. The van der Waals surface area contributed by atoms with Crippen molar-refractivity contribution in [3.63, 3.8) is 0 Å². The minimum atomic E-state index is -0.338. The summed E-state index contributed by atoms with van der Waals surface area (Å²) in [7, 11) is 2.07. The Morgan fingerprint density at radius 2 is 2.22 bits per heavy atom. The summed E-state index contributed by atoms with van der Waals surface area (Å²) in [5.74, 6) is 0. The monoisotopic (exact) mass is 320 g/mol. The Balaban J connectivity index is 1.59. The molecule has 1 saturated heterocycles. The number of fused-ring (bicyclic) bond motifs is 1. The first-order valence-corrected chi connectivity index (χ1v) is 8.45. The molecule has 1 aromatic carbocycles. The highest BCUT2D eigenvalue weighted by Crippen LogP contribution is 2.22. The van der Waals surface area contributed by atoms with Crippen LogP contribution in [0.15, 0.2) is 18.2 Å². The van der Waals surface area contributed by atoms with Crippen molar-refractivity contribution in [2.24, 2.45) is 0 Å². The minimum Gasteiger partial charge on any atom is -0.394 e. The summed E-state index contributed by atoms with van der Waals surface area (Å²) in [5, 5.41) is 13.4. The summed E-state index contributed by atoms with van der Waals surface area (Å²) in [5.41, 5.74) is 3.63. The molecule has 1 fully saturated rings. The van der Waals surface area contributed by atoms with Crippen molar-refractivity contribution in [1.29, 1.82) is 0 Å². The molecule has 2 aliphatic heterocycles. The zero-order chi connectivity index (χ0) is 16.3. The Morgan fingerprint density at radius 3 is 3.04 bits per heavy atom. The lowest BCUT2D eigenvalue weighted by Gasteiger charge is -2.47. The number of aliphatic hydroxyl groups is 1. The van der Waals surface area contributed by atoms with Crippen LogP contribution in [0, 0.1) is 0 Å². The molecule has 0 aliphatic carbocycles. The van der Waals surface area contributed by atoms with Gasteiger partial charge in [0.05, 0.1) is 38.6 Å². The summed E-state index contributed by atoms with van der Waals surface area (Å²) in [6.45, 7) is 6.56. The number of hydrogen-bond acceptors (Lipinski definition) is 5. The van der Waals surface area contributed by atoms with Gasteiger partial charge in [-0.05, 0) is 37.1 Å². The maximum absolute atomic E-state index is 9.91. The molecule has 0 saturated carbocycles. The summed E-state index contributed by atoms with van der Waals surface area (Å²) in [4.78, 5) is 2.24. The molecule has 2 atom stereocenters. The van der Waals surface area contributed by atoms with E-state index in [9.17, 15) is 5.11 Å². The standard InChI is InChI=1S/C18H28N2O3/c1-14-9-23-13-18(12-21,20(14)2)11-19-8-15-3-4-16-5-6-22-10-17(16)7-15/h3-4,7,14,19,21H,5-6,8-13H2,1-2H3/t14-,18+/m1/s1. The minimum absolute atomic E-state index is 0.0961. The highest BCUT2D eigenvalue weighted by molar-refractivity contribution is 5.32. The molecule has 2 aliphatic rings. The van der Waals surface area contributed by atoms with Gasteiger partial charge >= 0.3 is 0 Å². The normalized spacial score (nSPS) is 28.6. The van der Waals surface area contributed by atoms with Gasteiger partial charge in [0.25, 0.3) is 0 Å². The van der Waals surface area contributed by atoms with Crippen molar-refractivity contribution >= 4 is 0 Å². The summed E-state index contributed by atoms with van der Waals surface area (Å²) in [6.07, 6.45) is 1.01. The largest absolute Gasteiger partial charge is 0.394 e. The number of ether oxygens (including phenoxy) is 2. The number of morpholine rings is 1. The molecule has 0 radical (unpaired) electrons. The van der Waals surface area contributed by atoms with Gasteiger partial charge in [-0.1, -0.05) is 18.2 Å². The van der Waals surface area contributed by atoms with E-state index in [0.29, 0.717) is 19.2 Å². The van der Waals surface area contributed by atoms with Crippen LogP contribution in [0.2, 0.25) is 0 Å². The molecule has 2 heterocycles. The number of hydrogen-bond donors (Lipinski definition) is 2. The zero-order valence-corrected chi connectivity index (χ0v) is 14.2. The van der Waals surface area contributed by atoms with E-state index in [1.807, 2.05) is 0 Å². The van der Waals surface area contributed by atoms with E-state index in [2.05, 4.69) is 42.4 Å². The van der Waals surface area contributed by atoms with E-state index in [4.69, 9.17) is 9.47 Å². The first kappa shape index (κ1) is 16.9. The van der Waals surface area contributed by atoms with Crippen LogP contribution in [0.25, 0.3) is 0 Å². The van der Waals surface area contributed by atoms with E-state index in [-0.39, 0.29) is 12.1 Å². The number of aliphatic hydroxyl groups excluding tert-OH is 1. The van der Waals surface area contributed by atoms with Crippen molar-refractivity contribution < 1.29 is 14.6 Å². The molecule has 0 aromatic heterocycles. The Morgan fingerprint density at radius 1 is 1.35 bits per heavy atom. The number of nitrogens with one attached hydrogen (secondary N) is 1. The molecule has 1 aromatic rings. The van der Waals surface area contributed by atoms with E-state index < -0.39 is 0 Å². The first-order chi connectivity index (χ1) is 11.1. The second kappa shape index (κ2) is 7.28. The van der Waals surface area contributed by atoms with Gasteiger partial charge in [0.1, 0.15) is 0 Å². The lowest BCUT2D eigenvalue weighted by molar-refractivity contribution is -0.106. The molecular weight excluding hydrogens is 292 g/mol. The molecule has 2 N–H and O–H groups in total. The smallest absolute Gasteiger partial charge is 0.0802 e. The molecule has 23 heavy (non-hydrogen) atoms. The maximum atomic E-state index is 9.91. The van der Waals surface area contributed by atoms with Crippen LogP contribution >= 0.6 is 0 Å². The van der Waals surface area contributed by atoms with Crippen LogP contribution in [-0.2, 0) is 29.0 Å². The number of likely N-dealkylation sites (N-methyl/N-ethyl adjacent to an activating group) is 1. The van der Waals surface area contributed by atoms with Crippen LogP contribution in [0.5, 0.6) is 0 Å². The molecule has 3 rings (SSSR count).